The van der Waals surface area contributed by atoms with Gasteiger partial charge in [-0.25, -0.2) is 13.8 Å². The van der Waals surface area contributed by atoms with Crippen molar-refractivity contribution in [3.05, 3.63) is 63.5 Å². The number of rotatable bonds is 3. The molecule has 0 unspecified atom stereocenters. The van der Waals surface area contributed by atoms with Crippen LogP contribution in [0.4, 0.5) is 13.9 Å². The summed E-state index contributed by atoms with van der Waals surface area (Å²) in [5.41, 5.74) is 0.749. The number of carbonyl (C=O) groups excluding carboxylic acids is 2. The first kappa shape index (κ1) is 18.2. The summed E-state index contributed by atoms with van der Waals surface area (Å²) in [6.07, 6.45) is 0.472. The average molecular weight is 404 g/mol. The molecule has 1 aliphatic rings. The van der Waals surface area contributed by atoms with Crippen LogP contribution in [-0.4, -0.2) is 33.4 Å². The third kappa shape index (κ3) is 3.50. The second-order valence-corrected chi connectivity index (χ2v) is 7.35. The highest BCUT2D eigenvalue weighted by molar-refractivity contribution is 7.15. The number of benzene rings is 1. The van der Waals surface area contributed by atoms with Gasteiger partial charge in [-0.2, -0.15) is 0 Å². The summed E-state index contributed by atoms with van der Waals surface area (Å²) in [6.45, 7) is 2.27. The summed E-state index contributed by atoms with van der Waals surface area (Å²) in [4.78, 5) is 31.4. The number of nitrogens with zero attached hydrogens (tertiary/aromatic N) is 3. The molecule has 0 radical (unpaired) electrons. The summed E-state index contributed by atoms with van der Waals surface area (Å²) < 4.78 is 31.8. The van der Waals surface area contributed by atoms with Crippen LogP contribution < -0.4 is 5.32 Å². The van der Waals surface area contributed by atoms with Crippen LogP contribution >= 0.6 is 11.3 Å². The molecule has 0 spiro atoms. The molecule has 3 aromatic rings. The fourth-order valence-electron chi connectivity index (χ4n) is 2.89. The zero-order valence-corrected chi connectivity index (χ0v) is 15.5. The lowest BCUT2D eigenvalue weighted by molar-refractivity contribution is 0.0731. The number of hydrogen-bond acceptors (Lipinski definition) is 6. The van der Waals surface area contributed by atoms with Gasteiger partial charge in [0.1, 0.15) is 17.4 Å². The molecule has 7 nitrogen and oxygen atoms in total. The number of carbonyl (C=O) groups is 2. The number of amides is 2. The molecule has 4 rings (SSSR count). The number of thiazole rings is 1. The summed E-state index contributed by atoms with van der Waals surface area (Å²) in [6, 6.07) is 4.40. The van der Waals surface area contributed by atoms with Crippen LogP contribution in [0.3, 0.4) is 0 Å². The normalized spacial score (nSPS) is 13.3. The number of aryl methyl sites for hydroxylation is 1. The first-order valence-electron chi connectivity index (χ1n) is 8.38. The van der Waals surface area contributed by atoms with Gasteiger partial charge in [0, 0.05) is 30.0 Å². The summed E-state index contributed by atoms with van der Waals surface area (Å²) in [7, 11) is 0. The van der Waals surface area contributed by atoms with Gasteiger partial charge in [-0.1, -0.05) is 16.5 Å². The molecule has 10 heteroatoms. The van der Waals surface area contributed by atoms with E-state index in [0.717, 1.165) is 22.7 Å². The highest BCUT2D eigenvalue weighted by Crippen LogP contribution is 2.29. The third-order valence-electron chi connectivity index (χ3n) is 4.26. The SMILES string of the molecule is Cc1cc(C(=O)Nc2nc3c(s2)CN(C(=O)c2ccc(F)cc2F)CC3)no1. The zero-order valence-electron chi connectivity index (χ0n) is 14.7. The molecule has 0 saturated carbocycles. The number of anilines is 1. The van der Waals surface area contributed by atoms with E-state index in [1.807, 2.05) is 0 Å². The van der Waals surface area contributed by atoms with Gasteiger partial charge < -0.3 is 9.42 Å². The molecular weight excluding hydrogens is 390 g/mol. The molecule has 0 saturated heterocycles. The van der Waals surface area contributed by atoms with E-state index < -0.39 is 23.4 Å². The fraction of sp³-hybridized carbons (Fsp3) is 0.222. The Hall–Kier alpha value is -3.14. The number of aromatic nitrogens is 2. The van der Waals surface area contributed by atoms with Crippen LogP contribution in [-0.2, 0) is 13.0 Å². The van der Waals surface area contributed by atoms with Crippen molar-refractivity contribution in [1.29, 1.82) is 0 Å². The van der Waals surface area contributed by atoms with Crippen LogP contribution in [0.5, 0.6) is 0 Å². The van der Waals surface area contributed by atoms with E-state index in [-0.39, 0.29) is 17.8 Å². The molecule has 1 aliphatic heterocycles. The van der Waals surface area contributed by atoms with Crippen LogP contribution in [0, 0.1) is 18.6 Å². The van der Waals surface area contributed by atoms with Gasteiger partial charge in [0.15, 0.2) is 10.8 Å². The van der Waals surface area contributed by atoms with Gasteiger partial charge in [0.05, 0.1) is 17.8 Å². The molecule has 0 atom stereocenters. The molecule has 1 aromatic carbocycles. The van der Waals surface area contributed by atoms with Crippen molar-refractivity contribution in [2.75, 3.05) is 11.9 Å². The lowest BCUT2D eigenvalue weighted by Gasteiger charge is -2.26. The van der Waals surface area contributed by atoms with Crippen molar-refractivity contribution in [1.82, 2.24) is 15.0 Å². The second kappa shape index (κ2) is 7.12. The molecule has 2 aromatic heterocycles. The van der Waals surface area contributed by atoms with Gasteiger partial charge in [-0.3, -0.25) is 14.9 Å². The predicted molar refractivity (Wildman–Crippen MR) is 96.1 cm³/mol. The zero-order chi connectivity index (χ0) is 19.8. The number of hydrogen-bond donors (Lipinski definition) is 1. The molecule has 0 aliphatic carbocycles. The first-order valence-corrected chi connectivity index (χ1v) is 9.20. The van der Waals surface area contributed by atoms with E-state index in [4.69, 9.17) is 4.52 Å². The quantitative estimate of drug-likeness (QED) is 0.724. The highest BCUT2D eigenvalue weighted by Gasteiger charge is 2.27. The molecule has 2 amide bonds. The first-order chi connectivity index (χ1) is 13.4. The van der Waals surface area contributed by atoms with E-state index in [0.29, 0.717) is 29.9 Å². The molecule has 3 heterocycles. The summed E-state index contributed by atoms with van der Waals surface area (Å²) >= 11 is 1.24. The van der Waals surface area contributed by atoms with E-state index >= 15 is 0 Å². The van der Waals surface area contributed by atoms with Gasteiger partial charge in [0.25, 0.3) is 11.8 Å². The van der Waals surface area contributed by atoms with Crippen molar-refractivity contribution in [3.63, 3.8) is 0 Å². The molecule has 28 heavy (non-hydrogen) atoms. The Balaban J connectivity index is 1.48. The van der Waals surface area contributed by atoms with Crippen molar-refractivity contribution < 1.29 is 22.9 Å². The second-order valence-electron chi connectivity index (χ2n) is 6.27. The monoisotopic (exact) mass is 404 g/mol. The summed E-state index contributed by atoms with van der Waals surface area (Å²) in [5, 5.41) is 6.70. The summed E-state index contributed by atoms with van der Waals surface area (Å²) in [5.74, 6) is -2.06. The molecule has 0 fully saturated rings. The van der Waals surface area contributed by atoms with Crippen molar-refractivity contribution in [2.24, 2.45) is 0 Å². The van der Waals surface area contributed by atoms with E-state index in [1.165, 1.54) is 22.3 Å². The van der Waals surface area contributed by atoms with Crippen molar-refractivity contribution >= 4 is 28.3 Å². The van der Waals surface area contributed by atoms with Crippen LogP contribution in [0.2, 0.25) is 0 Å². The topological polar surface area (TPSA) is 88.3 Å². The largest absolute Gasteiger partial charge is 0.361 e. The van der Waals surface area contributed by atoms with Crippen LogP contribution in [0.1, 0.15) is 37.2 Å². The maximum atomic E-state index is 13.9. The van der Waals surface area contributed by atoms with Crippen LogP contribution in [0.15, 0.2) is 28.8 Å². The van der Waals surface area contributed by atoms with E-state index in [1.54, 1.807) is 6.92 Å². The molecule has 144 valence electrons. The minimum absolute atomic E-state index is 0.147. The lowest BCUT2D eigenvalue weighted by Crippen LogP contribution is -2.36. The maximum Gasteiger partial charge on any atom is 0.279 e. The van der Waals surface area contributed by atoms with Gasteiger partial charge in [-0.15, -0.1) is 0 Å². The Kier molecular flexibility index (Phi) is 4.63. The molecule has 0 bridgehead atoms. The van der Waals surface area contributed by atoms with E-state index in [9.17, 15) is 18.4 Å². The van der Waals surface area contributed by atoms with Crippen LogP contribution in [0.25, 0.3) is 0 Å². The Morgan fingerprint density at radius 1 is 1.29 bits per heavy atom. The van der Waals surface area contributed by atoms with Crippen molar-refractivity contribution in [3.8, 4) is 0 Å². The van der Waals surface area contributed by atoms with Gasteiger partial charge in [0.2, 0.25) is 0 Å². The highest BCUT2D eigenvalue weighted by atomic mass is 32.1. The fourth-order valence-corrected chi connectivity index (χ4v) is 3.91. The predicted octanol–water partition coefficient (Wildman–Crippen LogP) is 3.17. The smallest absolute Gasteiger partial charge is 0.279 e. The third-order valence-corrected chi connectivity index (χ3v) is 5.26. The Bertz CT molecular complexity index is 1080. The maximum absolute atomic E-state index is 13.9. The lowest BCUT2D eigenvalue weighted by atomic mass is 10.1. The van der Waals surface area contributed by atoms with Gasteiger partial charge in [-0.05, 0) is 19.1 Å². The standard InChI is InChI=1S/C18H14F2N4O3S/c1-9-6-14(23-27-9)16(25)22-18-21-13-4-5-24(8-15(13)28-18)17(26)11-3-2-10(19)7-12(11)20/h2-3,6-7H,4-5,8H2,1H3,(H,21,22,25). The minimum atomic E-state index is -0.893. The minimum Gasteiger partial charge on any atom is -0.361 e. The average Bonchev–Trinajstić information content (AvgIpc) is 3.26. The molecule has 1 N–H and O–H groups in total. The van der Waals surface area contributed by atoms with Crippen molar-refractivity contribution in [2.45, 2.75) is 19.9 Å². The van der Waals surface area contributed by atoms with Gasteiger partial charge >= 0.3 is 0 Å². The number of nitrogens with one attached hydrogen (secondary N) is 1. The van der Waals surface area contributed by atoms with E-state index in [2.05, 4.69) is 15.5 Å². The Morgan fingerprint density at radius 3 is 2.82 bits per heavy atom. The molecular formula is C18H14F2N4O3S. The number of fused-ring (bicyclic) bond motifs is 1. The number of halogens is 2. The Morgan fingerprint density at radius 2 is 2.11 bits per heavy atom. The Labute approximate surface area is 162 Å².